The van der Waals surface area contributed by atoms with E-state index in [1.165, 1.54) is 7.11 Å². The molecule has 214 valence electrons. The molecule has 0 aliphatic heterocycles. The van der Waals surface area contributed by atoms with Crippen molar-refractivity contribution in [3.63, 3.8) is 0 Å². The molecule has 0 fully saturated rings. The first-order chi connectivity index (χ1) is 20.9. The number of para-hydroxylation sites is 3. The van der Waals surface area contributed by atoms with E-state index in [1.54, 1.807) is 78.9 Å². The summed E-state index contributed by atoms with van der Waals surface area (Å²) in [6, 6.07) is 37.4. The topological polar surface area (TPSA) is 123 Å². The van der Waals surface area contributed by atoms with Gasteiger partial charge in [-0.3, -0.25) is 14.4 Å². The maximum Gasteiger partial charge on any atom is 0.255 e. The van der Waals surface area contributed by atoms with Crippen LogP contribution in [0.4, 0.5) is 22.7 Å². The molecule has 3 amide bonds. The van der Waals surface area contributed by atoms with Crippen LogP contribution in [0.1, 0.15) is 21.8 Å². The van der Waals surface area contributed by atoms with Gasteiger partial charge < -0.3 is 26.4 Å². The van der Waals surface area contributed by atoms with E-state index in [-0.39, 0.29) is 5.91 Å². The first-order valence-corrected chi connectivity index (χ1v) is 13.6. The van der Waals surface area contributed by atoms with Crippen molar-refractivity contribution in [3.8, 4) is 16.9 Å². The van der Waals surface area contributed by atoms with Crippen molar-refractivity contribution in [1.29, 1.82) is 0 Å². The largest absolute Gasteiger partial charge is 0.495 e. The molecule has 0 heterocycles. The molecule has 5 N–H and O–H groups in total. The van der Waals surface area contributed by atoms with Gasteiger partial charge in [0.25, 0.3) is 5.91 Å². The van der Waals surface area contributed by atoms with Gasteiger partial charge in [-0.05, 0) is 65.2 Å². The zero-order valence-corrected chi connectivity index (χ0v) is 23.4. The molecule has 5 rings (SSSR count). The number of carbonyl (C=O) groups excluding carboxylic acids is 3. The molecule has 8 heteroatoms. The summed E-state index contributed by atoms with van der Waals surface area (Å²) in [5.41, 5.74) is 10.8. The Kier molecular flexibility index (Phi) is 8.78. The fourth-order valence-corrected chi connectivity index (χ4v) is 4.62. The van der Waals surface area contributed by atoms with Gasteiger partial charge in [-0.15, -0.1) is 0 Å². The predicted octanol–water partition coefficient (Wildman–Crippen LogP) is 6.56. The highest BCUT2D eigenvalue weighted by Crippen LogP contribution is 2.29. The van der Waals surface area contributed by atoms with Crippen molar-refractivity contribution in [2.75, 3.05) is 28.8 Å². The van der Waals surface area contributed by atoms with Gasteiger partial charge in [-0.2, -0.15) is 0 Å². The molecule has 0 saturated heterocycles. The molecule has 5 aromatic carbocycles. The molecule has 0 aliphatic carbocycles. The maximum absolute atomic E-state index is 13.5. The minimum atomic E-state index is -1.22. The summed E-state index contributed by atoms with van der Waals surface area (Å²) < 4.78 is 5.35. The molecule has 0 aromatic heterocycles. The van der Waals surface area contributed by atoms with Gasteiger partial charge in [0.2, 0.25) is 11.8 Å². The van der Waals surface area contributed by atoms with Crippen LogP contribution in [0.5, 0.6) is 5.75 Å². The van der Waals surface area contributed by atoms with Crippen molar-refractivity contribution in [2.24, 2.45) is 0 Å². The average Bonchev–Trinajstić information content (AvgIpc) is 3.03. The first-order valence-electron chi connectivity index (χ1n) is 13.6. The monoisotopic (exact) mass is 570 g/mol. The summed E-state index contributed by atoms with van der Waals surface area (Å²) in [5, 5.41) is 8.45. The van der Waals surface area contributed by atoms with E-state index >= 15 is 0 Å². The standard InChI is InChI=1S/C35H30N4O4/c1-43-31-15-9-8-14-30(31)39-35(42)32(34(41)37-27-12-6-3-7-13-27)24-16-18-25(19-17-24)33(40)38-29-21-20-26(22-28(29)36)23-10-4-2-5-11-23/h2-22,32H,36H2,1H3,(H,37,41)(H,38,40)(H,39,42). The Bertz CT molecular complexity index is 1740. The van der Waals surface area contributed by atoms with Gasteiger partial charge in [0.15, 0.2) is 0 Å². The minimum Gasteiger partial charge on any atom is -0.495 e. The van der Waals surface area contributed by atoms with Crippen LogP contribution in [0.25, 0.3) is 11.1 Å². The fraction of sp³-hybridized carbons (Fsp3) is 0.0571. The highest BCUT2D eigenvalue weighted by Gasteiger charge is 2.30. The number of hydrogen-bond donors (Lipinski definition) is 4. The number of nitrogens with one attached hydrogen (secondary N) is 3. The smallest absolute Gasteiger partial charge is 0.255 e. The molecule has 0 spiro atoms. The van der Waals surface area contributed by atoms with Crippen LogP contribution in [-0.4, -0.2) is 24.8 Å². The zero-order chi connectivity index (χ0) is 30.2. The van der Waals surface area contributed by atoms with Gasteiger partial charge in [-0.1, -0.05) is 78.9 Å². The second-order valence-electron chi connectivity index (χ2n) is 9.72. The zero-order valence-electron chi connectivity index (χ0n) is 23.4. The number of hydrogen-bond acceptors (Lipinski definition) is 5. The Balaban J connectivity index is 1.36. The molecule has 0 bridgehead atoms. The number of rotatable bonds is 9. The molecule has 5 aromatic rings. The van der Waals surface area contributed by atoms with E-state index in [2.05, 4.69) is 16.0 Å². The second-order valence-corrected chi connectivity index (χ2v) is 9.72. The number of amides is 3. The number of carbonyl (C=O) groups is 3. The van der Waals surface area contributed by atoms with Crippen molar-refractivity contribution < 1.29 is 19.1 Å². The number of nitrogens with two attached hydrogens (primary N) is 1. The molecule has 0 radical (unpaired) electrons. The number of anilines is 4. The Morgan fingerprint density at radius 1 is 0.628 bits per heavy atom. The Morgan fingerprint density at radius 3 is 1.93 bits per heavy atom. The number of nitrogen functional groups attached to an aromatic ring is 1. The third-order valence-corrected chi connectivity index (χ3v) is 6.84. The number of benzene rings is 5. The third-order valence-electron chi connectivity index (χ3n) is 6.84. The molecule has 8 nitrogen and oxygen atoms in total. The van der Waals surface area contributed by atoms with E-state index in [0.717, 1.165) is 11.1 Å². The predicted molar refractivity (Wildman–Crippen MR) is 170 cm³/mol. The summed E-state index contributed by atoms with van der Waals surface area (Å²) in [7, 11) is 1.50. The quantitative estimate of drug-likeness (QED) is 0.118. The normalized spacial score (nSPS) is 11.2. The number of ether oxygens (including phenoxy) is 1. The fourth-order valence-electron chi connectivity index (χ4n) is 4.62. The van der Waals surface area contributed by atoms with E-state index < -0.39 is 17.7 Å². The van der Waals surface area contributed by atoms with Crippen LogP contribution in [-0.2, 0) is 9.59 Å². The van der Waals surface area contributed by atoms with E-state index in [9.17, 15) is 14.4 Å². The molecule has 43 heavy (non-hydrogen) atoms. The van der Waals surface area contributed by atoms with Gasteiger partial charge in [0, 0.05) is 11.3 Å². The van der Waals surface area contributed by atoms with Crippen molar-refractivity contribution >= 4 is 40.5 Å². The van der Waals surface area contributed by atoms with Crippen LogP contribution in [0.15, 0.2) is 127 Å². The highest BCUT2D eigenvalue weighted by atomic mass is 16.5. The van der Waals surface area contributed by atoms with Gasteiger partial charge >= 0.3 is 0 Å². The van der Waals surface area contributed by atoms with Crippen LogP contribution in [0.2, 0.25) is 0 Å². The van der Waals surface area contributed by atoms with Gasteiger partial charge in [0.1, 0.15) is 11.7 Å². The lowest BCUT2D eigenvalue weighted by molar-refractivity contribution is -0.126. The summed E-state index contributed by atoms with van der Waals surface area (Å²) in [4.78, 5) is 40.0. The Hall–Kier alpha value is -5.89. The summed E-state index contributed by atoms with van der Waals surface area (Å²) >= 11 is 0. The lowest BCUT2D eigenvalue weighted by Crippen LogP contribution is -2.32. The Labute approximate surface area is 249 Å². The number of methoxy groups -OCH3 is 1. The lowest BCUT2D eigenvalue weighted by Gasteiger charge is -2.19. The molecule has 0 saturated carbocycles. The van der Waals surface area contributed by atoms with Crippen LogP contribution in [0.3, 0.4) is 0 Å². The second kappa shape index (κ2) is 13.2. The first kappa shape index (κ1) is 28.6. The van der Waals surface area contributed by atoms with E-state index in [1.807, 2.05) is 48.5 Å². The molecular weight excluding hydrogens is 540 g/mol. The Morgan fingerprint density at radius 2 is 1.26 bits per heavy atom. The highest BCUT2D eigenvalue weighted by molar-refractivity contribution is 6.15. The van der Waals surface area contributed by atoms with Gasteiger partial charge in [0.05, 0.1) is 24.2 Å². The van der Waals surface area contributed by atoms with E-state index in [4.69, 9.17) is 10.5 Å². The van der Waals surface area contributed by atoms with Crippen LogP contribution >= 0.6 is 0 Å². The molecule has 0 aliphatic rings. The maximum atomic E-state index is 13.5. The summed E-state index contributed by atoms with van der Waals surface area (Å²) in [5.74, 6) is -2.22. The molecule has 1 unspecified atom stereocenters. The summed E-state index contributed by atoms with van der Waals surface area (Å²) in [6.45, 7) is 0. The summed E-state index contributed by atoms with van der Waals surface area (Å²) in [6.07, 6.45) is 0. The van der Waals surface area contributed by atoms with Gasteiger partial charge in [-0.25, -0.2) is 0 Å². The van der Waals surface area contributed by atoms with E-state index in [0.29, 0.717) is 39.6 Å². The van der Waals surface area contributed by atoms with Crippen molar-refractivity contribution in [2.45, 2.75) is 5.92 Å². The van der Waals surface area contributed by atoms with Crippen molar-refractivity contribution in [1.82, 2.24) is 0 Å². The lowest BCUT2D eigenvalue weighted by atomic mass is 9.95. The third kappa shape index (κ3) is 6.89. The van der Waals surface area contributed by atoms with Crippen molar-refractivity contribution in [3.05, 3.63) is 139 Å². The van der Waals surface area contributed by atoms with Crippen LogP contribution in [0, 0.1) is 0 Å². The van der Waals surface area contributed by atoms with Crippen LogP contribution < -0.4 is 26.4 Å². The minimum absolute atomic E-state index is 0.336. The molecular formula is C35H30N4O4. The SMILES string of the molecule is COc1ccccc1NC(=O)C(C(=O)Nc1ccccc1)c1ccc(C(=O)Nc2ccc(-c3ccccc3)cc2N)cc1. The molecule has 1 atom stereocenters. The average molecular weight is 571 g/mol.